The molecule has 0 radical (unpaired) electrons. The van der Waals surface area contributed by atoms with Crippen LogP contribution < -0.4 is 10.6 Å². The van der Waals surface area contributed by atoms with Crippen LogP contribution in [0.3, 0.4) is 0 Å². The average molecular weight is 350 g/mol. The normalized spacial score (nSPS) is 12.8. The lowest BCUT2D eigenvalue weighted by atomic mass is 10.3. The number of aliphatic hydroxyl groups excluding tert-OH is 1. The molecule has 3 rings (SSSR count). The molecule has 0 saturated heterocycles. The van der Waals surface area contributed by atoms with Gasteiger partial charge >= 0.3 is 0 Å². The van der Waals surface area contributed by atoms with Crippen LogP contribution in [0.1, 0.15) is 6.92 Å². The van der Waals surface area contributed by atoms with Gasteiger partial charge in [-0.05, 0) is 48.4 Å². The van der Waals surface area contributed by atoms with Crippen LogP contribution in [-0.4, -0.2) is 43.0 Å². The molecule has 0 amide bonds. The molecule has 1 aromatic rings. The van der Waals surface area contributed by atoms with Gasteiger partial charge in [0.25, 0.3) is 10.1 Å². The smallest absolute Gasteiger partial charge is 0.267 e. The SMILES string of the molecule is CCN(CC(O)CS(=O)(=O)O)c1cc2cc-2c1.Nc1ccccc1. The largest absolute Gasteiger partial charge is 0.399 e. The quantitative estimate of drug-likeness (QED) is 0.464. The standard InChI is InChI=1S/C11H15NO4S.C6H7N/c1-2-12(6-11(13)7-17(14,15)16)10-4-8-3-9(8)5-10;7-6-4-2-1-3-5-6/h3-5,11,13H,2,6-7H2,1H3,(H,14,15,16);1-5H,7H2. The summed E-state index contributed by atoms with van der Waals surface area (Å²) in [4.78, 5) is 1.88. The molecule has 0 fully saturated rings. The number of para-hydroxylation sites is 1. The van der Waals surface area contributed by atoms with Crippen LogP contribution in [0.4, 0.5) is 11.4 Å². The van der Waals surface area contributed by atoms with Gasteiger partial charge in [0.15, 0.2) is 0 Å². The van der Waals surface area contributed by atoms with Crippen molar-refractivity contribution in [3.8, 4) is 11.1 Å². The number of hydrogen-bond acceptors (Lipinski definition) is 5. The maximum Gasteiger partial charge on any atom is 0.267 e. The van der Waals surface area contributed by atoms with E-state index in [4.69, 9.17) is 10.3 Å². The van der Waals surface area contributed by atoms with Crippen molar-refractivity contribution >= 4 is 21.5 Å². The summed E-state index contributed by atoms with van der Waals surface area (Å²) in [5, 5.41) is 9.58. The average Bonchev–Trinajstić information content (AvgIpc) is 3.10. The first-order valence-corrected chi connectivity index (χ1v) is 9.23. The molecule has 2 aliphatic carbocycles. The second-order valence-corrected chi connectivity index (χ2v) is 7.12. The van der Waals surface area contributed by atoms with Gasteiger partial charge in [-0.3, -0.25) is 4.55 Å². The topological polar surface area (TPSA) is 104 Å². The van der Waals surface area contributed by atoms with E-state index in [1.807, 2.05) is 60.4 Å². The molecular formula is C17H22N2O4S. The highest BCUT2D eigenvalue weighted by Crippen LogP contribution is 2.40. The van der Waals surface area contributed by atoms with Crippen LogP contribution in [0, 0.1) is 0 Å². The number of fused-ring (bicyclic) bond motifs is 1. The van der Waals surface area contributed by atoms with Crippen molar-refractivity contribution in [1.82, 2.24) is 0 Å². The fourth-order valence-electron chi connectivity index (χ4n) is 2.34. The van der Waals surface area contributed by atoms with Crippen LogP contribution in [0.25, 0.3) is 11.1 Å². The van der Waals surface area contributed by atoms with Gasteiger partial charge in [-0.2, -0.15) is 8.42 Å². The summed E-state index contributed by atoms with van der Waals surface area (Å²) in [5.41, 5.74) is 9.55. The lowest BCUT2D eigenvalue weighted by Crippen LogP contribution is -2.36. The predicted octanol–water partition coefficient (Wildman–Crippen LogP) is 2.01. The third kappa shape index (κ3) is 5.84. The van der Waals surface area contributed by atoms with Gasteiger partial charge in [-0.15, -0.1) is 0 Å². The highest BCUT2D eigenvalue weighted by Gasteiger charge is 2.21. The van der Waals surface area contributed by atoms with Gasteiger partial charge in [0, 0.05) is 24.5 Å². The van der Waals surface area contributed by atoms with Crippen molar-refractivity contribution in [3.63, 3.8) is 0 Å². The molecule has 2 aliphatic rings. The Balaban J connectivity index is 0.000000249. The minimum Gasteiger partial charge on any atom is -0.399 e. The number of rotatable bonds is 6. The summed E-state index contributed by atoms with van der Waals surface area (Å²) in [5.74, 6) is -0.629. The first kappa shape index (κ1) is 18.3. The monoisotopic (exact) mass is 350 g/mol. The molecule has 0 spiro atoms. The third-order valence-electron chi connectivity index (χ3n) is 3.55. The molecule has 1 unspecified atom stereocenters. The number of nitrogens with zero attached hydrogens (tertiary/aromatic N) is 1. The molecule has 0 aliphatic heterocycles. The minimum atomic E-state index is -4.13. The Hall–Kier alpha value is -2.09. The van der Waals surface area contributed by atoms with Crippen molar-refractivity contribution in [2.24, 2.45) is 0 Å². The zero-order valence-corrected chi connectivity index (χ0v) is 14.3. The van der Waals surface area contributed by atoms with E-state index in [-0.39, 0.29) is 6.54 Å². The van der Waals surface area contributed by atoms with Gasteiger partial charge in [-0.25, -0.2) is 0 Å². The van der Waals surface area contributed by atoms with Crippen LogP contribution in [0.15, 0.2) is 48.5 Å². The molecule has 6 nitrogen and oxygen atoms in total. The summed E-state index contributed by atoms with van der Waals surface area (Å²) < 4.78 is 29.9. The number of aliphatic hydroxyl groups is 1. The Morgan fingerprint density at radius 3 is 2.12 bits per heavy atom. The maximum atomic E-state index is 10.6. The van der Waals surface area contributed by atoms with Gasteiger partial charge in [-0.1, -0.05) is 18.2 Å². The molecule has 1 aromatic carbocycles. The van der Waals surface area contributed by atoms with E-state index < -0.39 is 22.0 Å². The lowest BCUT2D eigenvalue weighted by Gasteiger charge is -2.24. The number of likely N-dealkylation sites (N-methyl/N-ethyl adjacent to an activating group) is 1. The van der Waals surface area contributed by atoms with Crippen LogP contribution in [-0.2, 0) is 10.1 Å². The Morgan fingerprint density at radius 2 is 1.71 bits per heavy atom. The molecule has 24 heavy (non-hydrogen) atoms. The molecule has 0 saturated carbocycles. The molecule has 0 bridgehead atoms. The summed E-state index contributed by atoms with van der Waals surface area (Å²) in [7, 11) is -4.13. The van der Waals surface area contributed by atoms with E-state index in [0.29, 0.717) is 6.54 Å². The summed E-state index contributed by atoms with van der Waals surface area (Å²) in [6.07, 6.45) is -1.09. The van der Waals surface area contributed by atoms with E-state index >= 15 is 0 Å². The van der Waals surface area contributed by atoms with Crippen molar-refractivity contribution in [2.45, 2.75) is 13.0 Å². The van der Waals surface area contributed by atoms with Gasteiger partial charge < -0.3 is 15.7 Å². The Labute approximate surface area is 142 Å². The van der Waals surface area contributed by atoms with Crippen molar-refractivity contribution in [1.29, 1.82) is 0 Å². The fourth-order valence-corrected chi connectivity index (χ4v) is 2.94. The van der Waals surface area contributed by atoms with Gasteiger partial charge in [0.1, 0.15) is 5.75 Å². The fraction of sp³-hybridized carbons (Fsp3) is 0.294. The summed E-state index contributed by atoms with van der Waals surface area (Å²) in [6, 6.07) is 15.5. The van der Waals surface area contributed by atoms with E-state index in [1.165, 1.54) is 11.1 Å². The minimum absolute atomic E-state index is 0.194. The zero-order chi connectivity index (χ0) is 17.7. The molecule has 0 heterocycles. The second-order valence-electron chi connectivity index (χ2n) is 5.62. The van der Waals surface area contributed by atoms with Crippen molar-refractivity contribution in [2.75, 3.05) is 29.5 Å². The first-order chi connectivity index (χ1) is 11.3. The predicted molar refractivity (Wildman–Crippen MR) is 96.6 cm³/mol. The van der Waals surface area contributed by atoms with Crippen LogP contribution in [0.5, 0.6) is 0 Å². The Bertz CT molecular complexity index is 758. The van der Waals surface area contributed by atoms with E-state index in [2.05, 4.69) is 0 Å². The molecular weight excluding hydrogens is 328 g/mol. The second kappa shape index (κ2) is 7.65. The molecule has 4 N–H and O–H groups in total. The number of benzene rings is 2. The lowest BCUT2D eigenvalue weighted by molar-refractivity contribution is 0.200. The van der Waals surface area contributed by atoms with Crippen molar-refractivity contribution in [3.05, 3.63) is 48.5 Å². The van der Waals surface area contributed by atoms with Crippen molar-refractivity contribution < 1.29 is 18.1 Å². The molecule has 0 aromatic heterocycles. The number of hydrogen-bond donors (Lipinski definition) is 3. The van der Waals surface area contributed by atoms with E-state index in [0.717, 1.165) is 11.4 Å². The number of nitrogen functional groups attached to an aromatic ring is 1. The molecule has 130 valence electrons. The molecule has 7 heteroatoms. The first-order valence-electron chi connectivity index (χ1n) is 7.62. The number of nitrogens with two attached hydrogens (primary N) is 1. The Kier molecular flexibility index (Phi) is 5.82. The van der Waals surface area contributed by atoms with Crippen LogP contribution >= 0.6 is 0 Å². The van der Waals surface area contributed by atoms with Gasteiger partial charge in [0.2, 0.25) is 0 Å². The van der Waals surface area contributed by atoms with Crippen LogP contribution in [0.2, 0.25) is 0 Å². The maximum absolute atomic E-state index is 10.6. The zero-order valence-electron chi connectivity index (χ0n) is 13.5. The summed E-state index contributed by atoms with van der Waals surface area (Å²) in [6.45, 7) is 2.79. The van der Waals surface area contributed by atoms with E-state index in [1.54, 1.807) is 0 Å². The highest BCUT2D eigenvalue weighted by molar-refractivity contribution is 7.85. The number of anilines is 2. The third-order valence-corrected chi connectivity index (χ3v) is 4.35. The van der Waals surface area contributed by atoms with Gasteiger partial charge in [0.05, 0.1) is 6.10 Å². The van der Waals surface area contributed by atoms with E-state index in [9.17, 15) is 13.5 Å². The summed E-state index contributed by atoms with van der Waals surface area (Å²) >= 11 is 0. The highest BCUT2D eigenvalue weighted by atomic mass is 32.2. The molecule has 1 atom stereocenters. The Morgan fingerprint density at radius 1 is 1.12 bits per heavy atom.